The molecule has 0 heterocycles. The zero-order chi connectivity index (χ0) is 13.8. The van der Waals surface area contributed by atoms with Crippen LogP contribution < -0.4 is 16.0 Å². The molecule has 1 aromatic carbocycles. The fraction of sp³-hybridized carbons (Fsp3) is 0.533. The predicted octanol–water partition coefficient (Wildman–Crippen LogP) is 1.64. The van der Waals surface area contributed by atoms with Crippen molar-refractivity contribution >= 4 is 11.6 Å². The summed E-state index contributed by atoms with van der Waals surface area (Å²) in [4.78, 5) is 13.1. The fourth-order valence-electron chi connectivity index (χ4n) is 2.09. The van der Waals surface area contributed by atoms with E-state index in [0.717, 1.165) is 18.3 Å². The van der Waals surface area contributed by atoms with E-state index in [0.29, 0.717) is 0 Å². The van der Waals surface area contributed by atoms with Crippen molar-refractivity contribution in [3.8, 4) is 0 Å². The van der Waals surface area contributed by atoms with Gasteiger partial charge in [-0.25, -0.2) is 0 Å². The number of anilines is 1. The van der Waals surface area contributed by atoms with Gasteiger partial charge in [0, 0.05) is 24.3 Å². The number of nitrogens with zero attached hydrogens (tertiary/aromatic N) is 1. The third-order valence-corrected chi connectivity index (χ3v) is 3.39. The highest BCUT2D eigenvalue weighted by Crippen LogP contribution is 2.21. The van der Waals surface area contributed by atoms with E-state index in [4.69, 9.17) is 5.73 Å². The number of hydrogen-bond donors (Lipinski definition) is 2. The van der Waals surface area contributed by atoms with E-state index in [1.165, 1.54) is 18.4 Å². The van der Waals surface area contributed by atoms with E-state index in [1.54, 1.807) is 0 Å². The van der Waals surface area contributed by atoms with Crippen molar-refractivity contribution in [2.75, 3.05) is 11.4 Å². The molecule has 2 rings (SSSR count). The number of carbonyl (C=O) groups is 1. The molecule has 0 spiro atoms. The van der Waals surface area contributed by atoms with Crippen LogP contribution in [-0.4, -0.2) is 24.5 Å². The van der Waals surface area contributed by atoms with Crippen molar-refractivity contribution in [2.24, 2.45) is 5.73 Å². The third-order valence-electron chi connectivity index (χ3n) is 3.39. The first kappa shape index (κ1) is 13.9. The molecule has 19 heavy (non-hydrogen) atoms. The highest BCUT2D eigenvalue weighted by Gasteiger charge is 2.20. The van der Waals surface area contributed by atoms with Crippen LogP contribution in [0.15, 0.2) is 24.3 Å². The molecule has 1 amide bonds. The van der Waals surface area contributed by atoms with Crippen LogP contribution in [0.5, 0.6) is 0 Å². The van der Waals surface area contributed by atoms with E-state index >= 15 is 0 Å². The number of rotatable bonds is 7. The van der Waals surface area contributed by atoms with Crippen molar-refractivity contribution in [3.63, 3.8) is 0 Å². The second-order valence-corrected chi connectivity index (χ2v) is 5.51. The summed E-state index contributed by atoms with van der Waals surface area (Å²) < 4.78 is 0. The van der Waals surface area contributed by atoms with Gasteiger partial charge in [-0.05, 0) is 44.4 Å². The van der Waals surface area contributed by atoms with Crippen molar-refractivity contribution in [3.05, 3.63) is 29.8 Å². The van der Waals surface area contributed by atoms with Crippen LogP contribution in [0.2, 0.25) is 0 Å². The molecule has 0 saturated heterocycles. The minimum atomic E-state index is -0.298. The molecule has 1 aliphatic carbocycles. The number of benzene rings is 1. The number of nitrogens with two attached hydrogens (primary N) is 1. The largest absolute Gasteiger partial charge is 0.368 e. The molecule has 1 aromatic rings. The van der Waals surface area contributed by atoms with Gasteiger partial charge in [-0.1, -0.05) is 12.1 Å². The SMILES string of the molecule is CC(C)N(CC(N)=O)c1ccc(CNC2CC2)cc1. The molecule has 1 aliphatic rings. The normalized spacial score (nSPS) is 14.7. The van der Waals surface area contributed by atoms with Gasteiger partial charge < -0.3 is 16.0 Å². The monoisotopic (exact) mass is 261 g/mol. The Morgan fingerprint density at radius 1 is 1.37 bits per heavy atom. The maximum atomic E-state index is 11.1. The van der Waals surface area contributed by atoms with Crippen LogP contribution in [-0.2, 0) is 11.3 Å². The second kappa shape index (κ2) is 6.06. The predicted molar refractivity (Wildman–Crippen MR) is 78.0 cm³/mol. The first-order valence-corrected chi connectivity index (χ1v) is 6.93. The van der Waals surface area contributed by atoms with Crippen LogP contribution in [0.3, 0.4) is 0 Å². The van der Waals surface area contributed by atoms with Crippen LogP contribution >= 0.6 is 0 Å². The molecule has 0 aliphatic heterocycles. The summed E-state index contributed by atoms with van der Waals surface area (Å²) in [5, 5.41) is 3.49. The van der Waals surface area contributed by atoms with Gasteiger partial charge in [-0.2, -0.15) is 0 Å². The average molecular weight is 261 g/mol. The number of carbonyl (C=O) groups excluding carboxylic acids is 1. The molecule has 1 fully saturated rings. The fourth-order valence-corrected chi connectivity index (χ4v) is 2.09. The van der Waals surface area contributed by atoms with E-state index in [1.807, 2.05) is 4.90 Å². The topological polar surface area (TPSA) is 58.4 Å². The Labute approximate surface area is 115 Å². The number of amides is 1. The maximum absolute atomic E-state index is 11.1. The number of hydrogen-bond acceptors (Lipinski definition) is 3. The molecule has 104 valence electrons. The summed E-state index contributed by atoms with van der Waals surface area (Å²) >= 11 is 0. The summed E-state index contributed by atoms with van der Waals surface area (Å²) in [5.74, 6) is -0.298. The lowest BCUT2D eigenvalue weighted by molar-refractivity contribution is -0.116. The smallest absolute Gasteiger partial charge is 0.236 e. The van der Waals surface area contributed by atoms with Gasteiger partial charge in [-0.3, -0.25) is 4.79 Å². The molecule has 1 saturated carbocycles. The molecule has 0 radical (unpaired) electrons. The number of nitrogens with one attached hydrogen (secondary N) is 1. The van der Waals surface area contributed by atoms with E-state index in [2.05, 4.69) is 43.4 Å². The zero-order valence-electron chi connectivity index (χ0n) is 11.7. The summed E-state index contributed by atoms with van der Waals surface area (Å²) in [6.07, 6.45) is 2.61. The first-order chi connectivity index (χ1) is 9.06. The van der Waals surface area contributed by atoms with Gasteiger partial charge in [0.25, 0.3) is 0 Å². The minimum absolute atomic E-state index is 0.253. The molecule has 0 atom stereocenters. The Balaban J connectivity index is 1.99. The second-order valence-electron chi connectivity index (χ2n) is 5.51. The number of primary amides is 1. The van der Waals surface area contributed by atoms with Crippen LogP contribution in [0.25, 0.3) is 0 Å². The van der Waals surface area contributed by atoms with Crippen molar-refractivity contribution < 1.29 is 4.79 Å². The average Bonchev–Trinajstić information content (AvgIpc) is 3.18. The summed E-state index contributed by atoms with van der Waals surface area (Å²) in [5.41, 5.74) is 7.62. The highest BCUT2D eigenvalue weighted by atomic mass is 16.1. The highest BCUT2D eigenvalue weighted by molar-refractivity contribution is 5.79. The molecular weight excluding hydrogens is 238 g/mol. The van der Waals surface area contributed by atoms with Crippen molar-refractivity contribution in [1.82, 2.24) is 5.32 Å². The Morgan fingerprint density at radius 3 is 2.47 bits per heavy atom. The van der Waals surface area contributed by atoms with Gasteiger partial charge in [-0.15, -0.1) is 0 Å². The zero-order valence-corrected chi connectivity index (χ0v) is 11.7. The minimum Gasteiger partial charge on any atom is -0.368 e. The lowest BCUT2D eigenvalue weighted by atomic mass is 10.1. The standard InChI is InChI=1S/C15H23N3O/c1-11(2)18(10-15(16)19)14-7-3-12(4-8-14)9-17-13-5-6-13/h3-4,7-8,11,13,17H,5-6,9-10H2,1-2H3,(H2,16,19). The molecule has 4 nitrogen and oxygen atoms in total. The van der Waals surface area contributed by atoms with Crippen molar-refractivity contribution in [2.45, 2.75) is 45.3 Å². The van der Waals surface area contributed by atoms with Crippen LogP contribution in [0, 0.1) is 0 Å². The van der Waals surface area contributed by atoms with Crippen LogP contribution in [0.4, 0.5) is 5.69 Å². The molecule has 0 bridgehead atoms. The van der Waals surface area contributed by atoms with E-state index in [9.17, 15) is 4.79 Å². The van der Waals surface area contributed by atoms with Gasteiger partial charge in [0.1, 0.15) is 0 Å². The maximum Gasteiger partial charge on any atom is 0.236 e. The Morgan fingerprint density at radius 2 is 2.00 bits per heavy atom. The third kappa shape index (κ3) is 4.24. The lowest BCUT2D eigenvalue weighted by Crippen LogP contribution is -2.38. The van der Waals surface area contributed by atoms with E-state index < -0.39 is 0 Å². The van der Waals surface area contributed by atoms with Crippen molar-refractivity contribution in [1.29, 1.82) is 0 Å². The summed E-state index contributed by atoms with van der Waals surface area (Å²) in [7, 11) is 0. The molecule has 3 N–H and O–H groups in total. The summed E-state index contributed by atoms with van der Waals surface area (Å²) in [6, 6.07) is 9.33. The Kier molecular flexibility index (Phi) is 4.43. The van der Waals surface area contributed by atoms with Gasteiger partial charge >= 0.3 is 0 Å². The molecule has 0 aromatic heterocycles. The van der Waals surface area contributed by atoms with Crippen LogP contribution in [0.1, 0.15) is 32.3 Å². The molecular formula is C15H23N3O. The van der Waals surface area contributed by atoms with Gasteiger partial charge in [0.2, 0.25) is 5.91 Å². The first-order valence-electron chi connectivity index (χ1n) is 6.93. The van der Waals surface area contributed by atoms with E-state index in [-0.39, 0.29) is 18.5 Å². The Bertz CT molecular complexity index is 424. The van der Waals surface area contributed by atoms with Gasteiger partial charge in [0.15, 0.2) is 0 Å². The van der Waals surface area contributed by atoms with Gasteiger partial charge in [0.05, 0.1) is 6.54 Å². The molecule has 4 heteroatoms. The Hall–Kier alpha value is -1.55. The molecule has 0 unspecified atom stereocenters. The lowest BCUT2D eigenvalue weighted by Gasteiger charge is -2.27. The quantitative estimate of drug-likeness (QED) is 0.784. The summed E-state index contributed by atoms with van der Waals surface area (Å²) in [6.45, 7) is 5.30.